The molecular formula is C15H18BrClFNO. The van der Waals surface area contributed by atoms with E-state index in [1.165, 1.54) is 12.1 Å². The first-order valence-electron chi connectivity index (χ1n) is 6.79. The van der Waals surface area contributed by atoms with Crippen molar-refractivity contribution in [3.63, 3.8) is 0 Å². The molecule has 0 heterocycles. The monoisotopic (exact) mass is 361 g/mol. The first-order valence-corrected chi connectivity index (χ1v) is 8.11. The number of nitrogens with one attached hydrogen (secondary N) is 1. The fourth-order valence-electron chi connectivity index (χ4n) is 2.60. The van der Waals surface area contributed by atoms with E-state index in [-0.39, 0.29) is 11.4 Å². The van der Waals surface area contributed by atoms with E-state index < -0.39 is 5.82 Å². The van der Waals surface area contributed by atoms with Crippen molar-refractivity contribution >= 4 is 33.4 Å². The molecule has 0 saturated heterocycles. The van der Waals surface area contributed by atoms with Gasteiger partial charge in [0.2, 0.25) is 0 Å². The highest BCUT2D eigenvalue weighted by Crippen LogP contribution is 2.33. The van der Waals surface area contributed by atoms with E-state index in [0.29, 0.717) is 21.8 Å². The van der Waals surface area contributed by atoms with Crippen molar-refractivity contribution in [1.82, 2.24) is 5.32 Å². The Balaban J connectivity index is 2.13. The van der Waals surface area contributed by atoms with Crippen molar-refractivity contribution in [2.75, 3.05) is 5.88 Å². The van der Waals surface area contributed by atoms with E-state index in [0.717, 1.165) is 25.7 Å². The normalized spacial score (nSPS) is 26.3. The number of alkyl halides is 1. The van der Waals surface area contributed by atoms with E-state index in [9.17, 15) is 9.18 Å². The zero-order valence-electron chi connectivity index (χ0n) is 11.4. The maximum absolute atomic E-state index is 13.4. The lowest BCUT2D eigenvalue weighted by molar-refractivity contribution is 0.0872. The third-order valence-electron chi connectivity index (χ3n) is 3.99. The maximum Gasteiger partial charge on any atom is 0.251 e. The topological polar surface area (TPSA) is 29.1 Å². The van der Waals surface area contributed by atoms with Gasteiger partial charge in [0.15, 0.2) is 0 Å². The molecule has 1 N–H and O–H groups in total. The molecule has 2 rings (SSSR count). The van der Waals surface area contributed by atoms with Crippen LogP contribution in [0, 0.1) is 11.7 Å². The average molecular weight is 363 g/mol. The third kappa shape index (κ3) is 3.73. The highest BCUT2D eigenvalue weighted by atomic mass is 79.9. The van der Waals surface area contributed by atoms with Crippen LogP contribution < -0.4 is 5.32 Å². The quantitative estimate of drug-likeness (QED) is 0.788. The van der Waals surface area contributed by atoms with Gasteiger partial charge in [-0.1, -0.05) is 22.9 Å². The van der Waals surface area contributed by atoms with Crippen LogP contribution in [0.4, 0.5) is 4.39 Å². The molecule has 0 atom stereocenters. The van der Waals surface area contributed by atoms with Gasteiger partial charge in [0, 0.05) is 15.9 Å². The summed E-state index contributed by atoms with van der Waals surface area (Å²) in [4.78, 5) is 12.3. The van der Waals surface area contributed by atoms with Gasteiger partial charge >= 0.3 is 0 Å². The van der Waals surface area contributed by atoms with Gasteiger partial charge < -0.3 is 5.32 Å². The van der Waals surface area contributed by atoms with Gasteiger partial charge in [0.05, 0.1) is 5.54 Å². The van der Waals surface area contributed by atoms with Crippen LogP contribution in [-0.2, 0) is 0 Å². The van der Waals surface area contributed by atoms with E-state index in [1.54, 1.807) is 6.07 Å². The molecule has 1 aromatic carbocycles. The lowest BCUT2D eigenvalue weighted by atomic mass is 9.78. The Morgan fingerprint density at radius 1 is 1.45 bits per heavy atom. The first kappa shape index (κ1) is 15.8. The summed E-state index contributed by atoms with van der Waals surface area (Å²) in [6.45, 7) is 2.21. The van der Waals surface area contributed by atoms with E-state index >= 15 is 0 Å². The van der Waals surface area contributed by atoms with E-state index in [2.05, 4.69) is 28.2 Å². The number of hydrogen-bond donors (Lipinski definition) is 1. The minimum absolute atomic E-state index is 0.264. The Morgan fingerprint density at radius 2 is 2.10 bits per heavy atom. The summed E-state index contributed by atoms with van der Waals surface area (Å²) >= 11 is 9.28. The Bertz CT molecular complexity index is 480. The molecule has 5 heteroatoms. The summed E-state index contributed by atoms with van der Waals surface area (Å²) in [5.41, 5.74) is -0.0378. The van der Waals surface area contributed by atoms with Gasteiger partial charge in [-0.15, -0.1) is 11.6 Å². The van der Waals surface area contributed by atoms with Gasteiger partial charge in [-0.25, -0.2) is 4.39 Å². The van der Waals surface area contributed by atoms with Crippen molar-refractivity contribution in [3.8, 4) is 0 Å². The van der Waals surface area contributed by atoms with Crippen LogP contribution in [-0.4, -0.2) is 17.3 Å². The smallest absolute Gasteiger partial charge is 0.251 e. The van der Waals surface area contributed by atoms with Crippen molar-refractivity contribution in [2.45, 2.75) is 38.1 Å². The standard InChI is InChI=1S/C15H18BrClFNO/c1-10-2-4-15(9-17,5-3-10)19-14(20)11-6-12(16)8-13(18)7-11/h6-8,10H,2-5,9H2,1H3,(H,19,20). The number of amides is 1. The predicted molar refractivity (Wildman–Crippen MR) is 82.6 cm³/mol. The number of carbonyl (C=O) groups excluding carboxylic acids is 1. The zero-order chi connectivity index (χ0) is 14.8. The SMILES string of the molecule is CC1CCC(CCl)(NC(=O)c2cc(F)cc(Br)c2)CC1. The molecule has 1 aliphatic rings. The fourth-order valence-corrected chi connectivity index (χ4v) is 3.40. The van der Waals surface area contributed by atoms with Gasteiger partial charge in [0.25, 0.3) is 5.91 Å². The van der Waals surface area contributed by atoms with Crippen LogP contribution in [0.1, 0.15) is 43.0 Å². The second-order valence-electron chi connectivity index (χ2n) is 5.71. The molecule has 0 aromatic heterocycles. The highest BCUT2D eigenvalue weighted by molar-refractivity contribution is 9.10. The van der Waals surface area contributed by atoms with Gasteiger partial charge in [-0.2, -0.15) is 0 Å². The maximum atomic E-state index is 13.4. The largest absolute Gasteiger partial charge is 0.345 e. The average Bonchev–Trinajstić information content (AvgIpc) is 2.40. The summed E-state index contributed by atoms with van der Waals surface area (Å²) in [6.07, 6.45) is 3.86. The molecular weight excluding hydrogens is 345 g/mol. The summed E-state index contributed by atoms with van der Waals surface area (Å²) in [7, 11) is 0. The Kier molecular flexibility index (Phi) is 5.08. The Labute approximate surface area is 132 Å². The molecule has 110 valence electrons. The number of carbonyl (C=O) groups is 1. The van der Waals surface area contributed by atoms with Crippen LogP contribution in [0.15, 0.2) is 22.7 Å². The second-order valence-corrected chi connectivity index (χ2v) is 6.89. The van der Waals surface area contributed by atoms with Gasteiger partial charge in [0.1, 0.15) is 5.82 Å². The molecule has 0 radical (unpaired) electrons. The van der Waals surface area contributed by atoms with Gasteiger partial charge in [-0.05, 0) is 49.8 Å². The predicted octanol–water partition coefficient (Wildman–Crippen LogP) is 4.51. The molecule has 1 amide bonds. The Hall–Kier alpha value is -0.610. The number of hydrogen-bond acceptors (Lipinski definition) is 1. The number of rotatable bonds is 3. The molecule has 1 aliphatic carbocycles. The van der Waals surface area contributed by atoms with E-state index in [4.69, 9.17) is 11.6 Å². The molecule has 20 heavy (non-hydrogen) atoms. The molecule has 0 spiro atoms. The fraction of sp³-hybridized carbons (Fsp3) is 0.533. The molecule has 0 aliphatic heterocycles. The molecule has 0 bridgehead atoms. The third-order valence-corrected chi connectivity index (χ3v) is 4.96. The zero-order valence-corrected chi connectivity index (χ0v) is 13.7. The van der Waals surface area contributed by atoms with E-state index in [1.807, 2.05) is 0 Å². The van der Waals surface area contributed by atoms with Crippen molar-refractivity contribution in [3.05, 3.63) is 34.1 Å². The number of halogens is 3. The molecule has 1 fully saturated rings. The molecule has 0 unspecified atom stereocenters. The molecule has 1 aromatic rings. The summed E-state index contributed by atoms with van der Waals surface area (Å²) in [6, 6.07) is 4.19. The second kappa shape index (κ2) is 6.44. The molecule has 1 saturated carbocycles. The van der Waals surface area contributed by atoms with Crippen LogP contribution in [0.5, 0.6) is 0 Å². The van der Waals surface area contributed by atoms with Crippen LogP contribution >= 0.6 is 27.5 Å². The van der Waals surface area contributed by atoms with Crippen molar-refractivity contribution < 1.29 is 9.18 Å². The first-order chi connectivity index (χ1) is 9.44. The van der Waals surface area contributed by atoms with Crippen molar-refractivity contribution in [2.24, 2.45) is 5.92 Å². The highest BCUT2D eigenvalue weighted by Gasteiger charge is 2.35. The van der Waals surface area contributed by atoms with Crippen molar-refractivity contribution in [1.29, 1.82) is 0 Å². The van der Waals surface area contributed by atoms with Gasteiger partial charge in [-0.3, -0.25) is 4.79 Å². The van der Waals surface area contributed by atoms with Crippen LogP contribution in [0.2, 0.25) is 0 Å². The van der Waals surface area contributed by atoms with Crippen LogP contribution in [0.25, 0.3) is 0 Å². The summed E-state index contributed by atoms with van der Waals surface area (Å²) < 4.78 is 13.9. The minimum Gasteiger partial charge on any atom is -0.345 e. The summed E-state index contributed by atoms with van der Waals surface area (Å²) in [5, 5.41) is 3.01. The lowest BCUT2D eigenvalue weighted by Gasteiger charge is -2.38. The minimum atomic E-state index is -0.429. The van der Waals surface area contributed by atoms with Crippen LogP contribution in [0.3, 0.4) is 0 Å². The molecule has 2 nitrogen and oxygen atoms in total. The lowest BCUT2D eigenvalue weighted by Crippen LogP contribution is -2.52. The Morgan fingerprint density at radius 3 is 2.65 bits per heavy atom. The summed E-state index contributed by atoms with van der Waals surface area (Å²) in [5.74, 6) is 0.371. The number of benzene rings is 1.